The maximum atomic E-state index is 12.8. The Bertz CT molecular complexity index is 1250. The molecule has 0 spiro atoms. The van der Waals surface area contributed by atoms with E-state index in [9.17, 15) is 19.4 Å². The zero-order chi connectivity index (χ0) is 41.8. The number of carbonyl (C=O) groups excluding carboxylic acids is 1. The van der Waals surface area contributed by atoms with Gasteiger partial charge in [0.15, 0.2) is 0 Å². The molecule has 0 aliphatic rings. The van der Waals surface area contributed by atoms with Crippen LogP contribution in [0.2, 0.25) is 0 Å². The highest BCUT2D eigenvalue weighted by molar-refractivity contribution is 7.47. The molecule has 0 rings (SSSR count). The molecule has 3 atom stereocenters. The maximum Gasteiger partial charge on any atom is 0.472 e. The number of nitrogens with one attached hydrogen (secondary N) is 1. The van der Waals surface area contributed by atoms with Gasteiger partial charge in [-0.2, -0.15) is 0 Å². The van der Waals surface area contributed by atoms with Gasteiger partial charge >= 0.3 is 7.82 Å². The number of hydrogen-bond donors (Lipinski definition) is 4. The van der Waals surface area contributed by atoms with Crippen LogP contribution in [-0.2, 0) is 18.4 Å². The highest BCUT2D eigenvalue weighted by Crippen LogP contribution is 2.43. The summed E-state index contributed by atoms with van der Waals surface area (Å²) in [7, 11) is -4.37. The van der Waals surface area contributed by atoms with E-state index in [-0.39, 0.29) is 25.7 Å². The number of carbonyl (C=O) groups is 1. The Morgan fingerprint density at radius 1 is 0.596 bits per heavy atom. The van der Waals surface area contributed by atoms with Crippen molar-refractivity contribution < 1.29 is 28.4 Å². The Kier molecular flexibility index (Phi) is 40.6. The van der Waals surface area contributed by atoms with E-state index in [1.54, 1.807) is 6.08 Å². The van der Waals surface area contributed by atoms with Gasteiger partial charge < -0.3 is 21.1 Å². The van der Waals surface area contributed by atoms with Crippen LogP contribution in [0.5, 0.6) is 0 Å². The molecule has 0 bridgehead atoms. The predicted molar refractivity (Wildman–Crippen MR) is 244 cm³/mol. The molecule has 0 fully saturated rings. The topological polar surface area (TPSA) is 131 Å². The molecule has 0 aromatic carbocycles. The van der Waals surface area contributed by atoms with E-state index < -0.39 is 20.0 Å². The molecule has 0 aliphatic carbocycles. The van der Waals surface area contributed by atoms with Crippen molar-refractivity contribution in [2.24, 2.45) is 5.73 Å². The summed E-state index contributed by atoms with van der Waals surface area (Å²) in [4.78, 5) is 22.7. The van der Waals surface area contributed by atoms with E-state index >= 15 is 0 Å². The molecule has 3 unspecified atom stereocenters. The van der Waals surface area contributed by atoms with Crippen LogP contribution in [0.1, 0.15) is 155 Å². The van der Waals surface area contributed by atoms with Crippen molar-refractivity contribution in [3.8, 4) is 0 Å². The van der Waals surface area contributed by atoms with Crippen LogP contribution in [0, 0.1) is 0 Å². The molecule has 0 saturated heterocycles. The summed E-state index contributed by atoms with van der Waals surface area (Å²) in [5, 5.41) is 13.6. The van der Waals surface area contributed by atoms with Crippen LogP contribution in [-0.4, -0.2) is 47.8 Å². The predicted octanol–water partition coefficient (Wildman–Crippen LogP) is 12.6. The summed E-state index contributed by atoms with van der Waals surface area (Å²) >= 11 is 0. The number of allylic oxidation sites excluding steroid dienone is 17. The quantitative estimate of drug-likeness (QED) is 0.0276. The highest BCUT2D eigenvalue weighted by atomic mass is 31.2. The minimum absolute atomic E-state index is 0.0607. The number of aliphatic hydroxyl groups is 1. The lowest BCUT2D eigenvalue weighted by Crippen LogP contribution is -2.45. The Balaban J connectivity index is 4.35. The zero-order valence-corrected chi connectivity index (χ0v) is 36.7. The van der Waals surface area contributed by atoms with Crippen LogP contribution in [0.25, 0.3) is 0 Å². The third-order valence-corrected chi connectivity index (χ3v) is 9.79. The molecular weight excluding hydrogens is 732 g/mol. The highest BCUT2D eigenvalue weighted by Gasteiger charge is 2.26. The Hall–Kier alpha value is -2.84. The van der Waals surface area contributed by atoms with Crippen molar-refractivity contribution >= 4 is 13.7 Å². The molecule has 0 aromatic rings. The third kappa shape index (κ3) is 41.1. The summed E-state index contributed by atoms with van der Waals surface area (Å²) < 4.78 is 22.1. The fraction of sp³-hybridized carbons (Fsp3) is 0.604. The standard InChI is InChI=1S/C48H81N2O6P/c1-3-5-7-9-11-13-15-17-19-20-21-22-23-24-25-26-28-30-32-34-36-38-40-42-48(52)50-46(45-56-57(53,54)55-44-43-49)47(51)41-39-37-35-33-31-29-27-18-16-14-12-10-8-6-4-2/h5,7,11,13,16-19,21-22,24-25,28,30-31,33,39,41,46-47,51H,3-4,6,8-10,12,14-15,20,23,26-27,29,32,34-38,40,42-45,49H2,1-2H3,(H,50,52)(H,53,54)/b7-5-,13-11-,18-16+,19-17-,22-21-,25-24-,30-28-,33-31+,41-39+. The molecule has 8 nitrogen and oxygen atoms in total. The lowest BCUT2D eigenvalue weighted by Gasteiger charge is -2.23. The number of nitrogens with two attached hydrogens (primary N) is 1. The van der Waals surface area contributed by atoms with Crippen molar-refractivity contribution in [3.05, 3.63) is 109 Å². The van der Waals surface area contributed by atoms with E-state index in [1.807, 2.05) is 6.08 Å². The fourth-order valence-corrected chi connectivity index (χ4v) is 6.28. The number of amides is 1. The molecule has 5 N–H and O–H groups in total. The molecule has 0 aromatic heterocycles. The minimum Gasteiger partial charge on any atom is -0.387 e. The second-order valence-corrected chi connectivity index (χ2v) is 15.6. The van der Waals surface area contributed by atoms with Crippen LogP contribution >= 0.6 is 7.82 Å². The average molecular weight is 813 g/mol. The van der Waals surface area contributed by atoms with Crippen molar-refractivity contribution in [3.63, 3.8) is 0 Å². The summed E-state index contributed by atoms with van der Waals surface area (Å²) in [6.45, 7) is 3.93. The number of rotatable bonds is 39. The molecule has 0 heterocycles. The lowest BCUT2D eigenvalue weighted by molar-refractivity contribution is -0.123. The Morgan fingerprint density at radius 3 is 1.54 bits per heavy atom. The number of phosphoric ester groups is 1. The Labute approximate surface area is 348 Å². The lowest BCUT2D eigenvalue weighted by atomic mass is 10.1. The molecule has 0 saturated carbocycles. The van der Waals surface area contributed by atoms with E-state index in [2.05, 4.69) is 116 Å². The largest absolute Gasteiger partial charge is 0.472 e. The van der Waals surface area contributed by atoms with Gasteiger partial charge in [-0.15, -0.1) is 0 Å². The summed E-state index contributed by atoms with van der Waals surface area (Å²) in [6.07, 6.45) is 59.9. The van der Waals surface area contributed by atoms with Gasteiger partial charge in [-0.25, -0.2) is 4.57 Å². The first-order valence-corrected chi connectivity index (χ1v) is 23.5. The van der Waals surface area contributed by atoms with Gasteiger partial charge in [-0.3, -0.25) is 13.8 Å². The summed E-state index contributed by atoms with van der Waals surface area (Å²) in [6, 6.07) is -0.905. The number of unbranched alkanes of at least 4 members (excludes halogenated alkanes) is 11. The normalized spacial score (nSPS) is 15.1. The smallest absolute Gasteiger partial charge is 0.387 e. The first kappa shape index (κ1) is 54.2. The van der Waals surface area contributed by atoms with Gasteiger partial charge in [0, 0.05) is 13.0 Å². The second-order valence-electron chi connectivity index (χ2n) is 14.1. The molecule has 57 heavy (non-hydrogen) atoms. The Morgan fingerprint density at radius 2 is 1.04 bits per heavy atom. The van der Waals surface area contributed by atoms with E-state index in [1.165, 1.54) is 32.1 Å². The average Bonchev–Trinajstić information content (AvgIpc) is 3.20. The molecule has 0 aliphatic heterocycles. The molecule has 9 heteroatoms. The molecule has 0 radical (unpaired) electrons. The van der Waals surface area contributed by atoms with E-state index in [0.717, 1.165) is 96.3 Å². The van der Waals surface area contributed by atoms with Gasteiger partial charge in [0.25, 0.3) is 0 Å². The van der Waals surface area contributed by atoms with Crippen LogP contribution < -0.4 is 11.1 Å². The molecule has 324 valence electrons. The van der Waals surface area contributed by atoms with Crippen molar-refractivity contribution in [1.82, 2.24) is 5.32 Å². The number of aliphatic hydroxyl groups excluding tert-OH is 1. The van der Waals surface area contributed by atoms with Crippen molar-refractivity contribution in [2.75, 3.05) is 19.8 Å². The second kappa shape index (κ2) is 42.8. The first-order chi connectivity index (χ1) is 27.9. The van der Waals surface area contributed by atoms with Gasteiger partial charge in [-0.05, 0) is 96.3 Å². The first-order valence-electron chi connectivity index (χ1n) is 22.0. The monoisotopic (exact) mass is 813 g/mol. The van der Waals surface area contributed by atoms with Gasteiger partial charge in [0.1, 0.15) is 0 Å². The zero-order valence-electron chi connectivity index (χ0n) is 35.8. The van der Waals surface area contributed by atoms with Gasteiger partial charge in [-0.1, -0.05) is 162 Å². The van der Waals surface area contributed by atoms with Crippen molar-refractivity contribution in [2.45, 2.75) is 167 Å². The van der Waals surface area contributed by atoms with Gasteiger partial charge in [0.05, 0.1) is 25.4 Å². The molecule has 1 amide bonds. The van der Waals surface area contributed by atoms with Gasteiger partial charge in [0.2, 0.25) is 5.91 Å². The van der Waals surface area contributed by atoms with Crippen LogP contribution in [0.15, 0.2) is 109 Å². The fourth-order valence-electron chi connectivity index (χ4n) is 5.52. The summed E-state index contributed by atoms with van der Waals surface area (Å²) in [5.41, 5.74) is 5.37. The number of hydrogen-bond acceptors (Lipinski definition) is 6. The molecular formula is C48H81N2O6P. The minimum atomic E-state index is -4.37. The number of phosphoric acid groups is 1. The SMILES string of the molecule is CC/C=C\C/C=C\C/C=C\C/C=C\C/C=C\C/C=C\CCCCCCC(=O)NC(COP(=O)(O)OCCN)C(O)/C=C/CC/C=C/CC/C=C/CCCCCCC. The third-order valence-electron chi connectivity index (χ3n) is 8.81. The maximum absolute atomic E-state index is 12.8. The summed E-state index contributed by atoms with van der Waals surface area (Å²) in [5.74, 6) is -0.239. The van der Waals surface area contributed by atoms with Crippen LogP contribution in [0.4, 0.5) is 0 Å². The van der Waals surface area contributed by atoms with Crippen molar-refractivity contribution in [1.29, 1.82) is 0 Å². The van der Waals surface area contributed by atoms with E-state index in [4.69, 9.17) is 14.8 Å². The van der Waals surface area contributed by atoms with E-state index in [0.29, 0.717) is 12.8 Å². The van der Waals surface area contributed by atoms with Crippen LogP contribution in [0.3, 0.4) is 0 Å².